The number of amides is 1. The zero-order valence-corrected chi connectivity index (χ0v) is 12.4. The number of benzene rings is 2. The lowest BCUT2D eigenvalue weighted by Gasteiger charge is -2.20. The van der Waals surface area contributed by atoms with Crippen molar-refractivity contribution in [3.8, 4) is 0 Å². The zero-order valence-electron chi connectivity index (χ0n) is 10.9. The summed E-state index contributed by atoms with van der Waals surface area (Å²) in [7, 11) is 1.79. The van der Waals surface area contributed by atoms with Gasteiger partial charge in [-0.25, -0.2) is 0 Å². The van der Waals surface area contributed by atoms with Crippen LogP contribution in [-0.4, -0.2) is 13.0 Å². The summed E-state index contributed by atoms with van der Waals surface area (Å²) in [6.07, 6.45) is 0.244. The van der Waals surface area contributed by atoms with E-state index >= 15 is 0 Å². The van der Waals surface area contributed by atoms with Crippen molar-refractivity contribution in [1.29, 1.82) is 0 Å². The van der Waals surface area contributed by atoms with Gasteiger partial charge in [0.15, 0.2) is 0 Å². The number of rotatable bonds is 4. The molecule has 1 N–H and O–H groups in total. The topological polar surface area (TPSA) is 32.3 Å². The van der Waals surface area contributed by atoms with Crippen molar-refractivity contribution in [3.05, 3.63) is 64.1 Å². The molecule has 20 heavy (non-hydrogen) atoms. The van der Waals surface area contributed by atoms with Crippen LogP contribution in [0.5, 0.6) is 0 Å². The molecule has 0 fully saturated rings. The maximum atomic E-state index is 12.0. The molecule has 2 aromatic carbocycles. The van der Waals surface area contributed by atoms with E-state index in [2.05, 4.69) is 5.43 Å². The number of nitrogens with zero attached hydrogens (tertiary/aromatic N) is 1. The summed E-state index contributed by atoms with van der Waals surface area (Å²) in [6.45, 7) is 0. The highest BCUT2D eigenvalue weighted by Gasteiger charge is 2.08. The first-order chi connectivity index (χ1) is 9.56. The van der Waals surface area contributed by atoms with Gasteiger partial charge in [-0.05, 0) is 29.8 Å². The van der Waals surface area contributed by atoms with Crippen LogP contribution in [0.2, 0.25) is 10.0 Å². The van der Waals surface area contributed by atoms with Gasteiger partial charge in [-0.1, -0.05) is 47.5 Å². The van der Waals surface area contributed by atoms with Crippen LogP contribution in [0.3, 0.4) is 0 Å². The van der Waals surface area contributed by atoms with Crippen molar-refractivity contribution < 1.29 is 4.79 Å². The Morgan fingerprint density at radius 3 is 2.45 bits per heavy atom. The van der Waals surface area contributed by atoms with Crippen LogP contribution in [0.25, 0.3) is 0 Å². The maximum absolute atomic E-state index is 12.0. The molecular formula is C15H14Cl2N2O. The first-order valence-corrected chi connectivity index (χ1v) is 6.84. The van der Waals surface area contributed by atoms with Gasteiger partial charge < -0.3 is 0 Å². The Bertz CT molecular complexity index is 602. The number of hydrogen-bond acceptors (Lipinski definition) is 2. The number of anilines is 1. The molecule has 5 heteroatoms. The highest BCUT2D eigenvalue weighted by molar-refractivity contribution is 6.42. The van der Waals surface area contributed by atoms with Gasteiger partial charge in [0.1, 0.15) is 0 Å². The molecule has 0 aliphatic carbocycles. The molecule has 0 heterocycles. The predicted molar refractivity (Wildman–Crippen MR) is 83.2 cm³/mol. The summed E-state index contributed by atoms with van der Waals surface area (Å²) in [5.74, 6) is -0.116. The monoisotopic (exact) mass is 308 g/mol. The number of hydrogen-bond donors (Lipinski definition) is 1. The van der Waals surface area contributed by atoms with E-state index in [4.69, 9.17) is 23.2 Å². The zero-order chi connectivity index (χ0) is 14.5. The molecule has 0 aliphatic heterocycles. The van der Waals surface area contributed by atoms with E-state index in [1.165, 1.54) is 0 Å². The number of hydrazine groups is 1. The van der Waals surface area contributed by atoms with Crippen LogP contribution >= 0.6 is 23.2 Å². The molecule has 0 radical (unpaired) electrons. The van der Waals surface area contributed by atoms with Crippen LogP contribution in [0.4, 0.5) is 5.69 Å². The lowest BCUT2D eigenvalue weighted by molar-refractivity contribution is -0.120. The molecule has 2 rings (SSSR count). The highest BCUT2D eigenvalue weighted by Crippen LogP contribution is 2.22. The fourth-order valence-corrected chi connectivity index (χ4v) is 2.10. The van der Waals surface area contributed by atoms with Crippen LogP contribution < -0.4 is 10.4 Å². The third-order valence-electron chi connectivity index (χ3n) is 2.78. The second-order valence-electron chi connectivity index (χ2n) is 4.35. The number of nitrogens with one attached hydrogen (secondary N) is 1. The Labute approximate surface area is 128 Å². The lowest BCUT2D eigenvalue weighted by atomic mass is 10.1. The van der Waals surface area contributed by atoms with Crippen LogP contribution in [0.1, 0.15) is 5.56 Å². The summed E-state index contributed by atoms with van der Waals surface area (Å²) < 4.78 is 0. The van der Waals surface area contributed by atoms with Gasteiger partial charge in [0.2, 0.25) is 5.91 Å². The highest BCUT2D eigenvalue weighted by atomic mass is 35.5. The summed E-state index contributed by atoms with van der Waals surface area (Å²) in [6, 6.07) is 14.8. The fraction of sp³-hybridized carbons (Fsp3) is 0.133. The van der Waals surface area contributed by atoms with Gasteiger partial charge in [0.05, 0.1) is 22.2 Å². The minimum absolute atomic E-state index is 0.116. The van der Waals surface area contributed by atoms with Gasteiger partial charge in [-0.2, -0.15) is 0 Å². The van der Waals surface area contributed by atoms with E-state index in [9.17, 15) is 4.79 Å². The van der Waals surface area contributed by atoms with E-state index in [0.29, 0.717) is 10.0 Å². The van der Waals surface area contributed by atoms with Crippen LogP contribution in [0, 0.1) is 0 Å². The smallest absolute Gasteiger partial charge is 0.242 e. The second-order valence-corrected chi connectivity index (χ2v) is 5.17. The Morgan fingerprint density at radius 1 is 1.10 bits per heavy atom. The van der Waals surface area contributed by atoms with E-state index in [1.54, 1.807) is 30.3 Å². The Kier molecular flexibility index (Phi) is 4.88. The van der Waals surface area contributed by atoms with Crippen molar-refractivity contribution >= 4 is 34.8 Å². The summed E-state index contributed by atoms with van der Waals surface area (Å²) >= 11 is 11.8. The summed E-state index contributed by atoms with van der Waals surface area (Å²) in [5, 5.41) is 2.62. The Morgan fingerprint density at radius 2 is 1.80 bits per heavy atom. The van der Waals surface area contributed by atoms with E-state index in [-0.39, 0.29) is 12.3 Å². The van der Waals surface area contributed by atoms with E-state index in [1.807, 2.05) is 30.3 Å². The molecule has 3 nitrogen and oxygen atoms in total. The molecule has 104 valence electrons. The van der Waals surface area contributed by atoms with Gasteiger partial charge >= 0.3 is 0 Å². The third-order valence-corrected chi connectivity index (χ3v) is 3.52. The molecule has 0 aliphatic rings. The molecule has 0 saturated carbocycles. The first kappa shape index (κ1) is 14.7. The molecule has 0 saturated heterocycles. The van der Waals surface area contributed by atoms with Gasteiger partial charge in [-0.15, -0.1) is 0 Å². The standard InChI is InChI=1S/C15H14Cl2N2O/c1-19(12-5-3-2-4-6-12)18-15(20)10-11-7-8-13(16)14(17)9-11/h2-9H,10H2,1H3,(H,18,20). The Balaban J connectivity index is 1.97. The van der Waals surface area contributed by atoms with Gasteiger partial charge in [-0.3, -0.25) is 15.2 Å². The molecule has 0 bridgehead atoms. The van der Waals surface area contributed by atoms with Crippen molar-refractivity contribution in [3.63, 3.8) is 0 Å². The molecular weight excluding hydrogens is 295 g/mol. The molecule has 2 aromatic rings. The molecule has 0 unspecified atom stereocenters. The van der Waals surface area contributed by atoms with Crippen LogP contribution in [0.15, 0.2) is 48.5 Å². The van der Waals surface area contributed by atoms with Crippen molar-refractivity contribution in [2.75, 3.05) is 12.1 Å². The third kappa shape index (κ3) is 3.89. The average Bonchev–Trinajstić information content (AvgIpc) is 2.44. The Hall–Kier alpha value is -1.71. The molecule has 0 atom stereocenters. The average molecular weight is 309 g/mol. The van der Waals surface area contributed by atoms with Gasteiger partial charge in [0.25, 0.3) is 0 Å². The first-order valence-electron chi connectivity index (χ1n) is 6.08. The SMILES string of the molecule is CN(NC(=O)Cc1ccc(Cl)c(Cl)c1)c1ccccc1. The second kappa shape index (κ2) is 6.64. The van der Waals surface area contributed by atoms with Crippen molar-refractivity contribution in [1.82, 2.24) is 5.43 Å². The maximum Gasteiger partial charge on any atom is 0.242 e. The molecule has 0 aromatic heterocycles. The minimum atomic E-state index is -0.116. The van der Waals surface area contributed by atoms with Crippen molar-refractivity contribution in [2.24, 2.45) is 0 Å². The van der Waals surface area contributed by atoms with Gasteiger partial charge in [0, 0.05) is 7.05 Å². The van der Waals surface area contributed by atoms with E-state index < -0.39 is 0 Å². The molecule has 0 spiro atoms. The van der Waals surface area contributed by atoms with E-state index in [0.717, 1.165) is 11.3 Å². The largest absolute Gasteiger partial charge is 0.289 e. The number of carbonyl (C=O) groups excluding carboxylic acids is 1. The normalized spacial score (nSPS) is 10.2. The van der Waals surface area contributed by atoms with Crippen LogP contribution in [-0.2, 0) is 11.2 Å². The number of halogens is 2. The van der Waals surface area contributed by atoms with Crippen molar-refractivity contribution in [2.45, 2.75) is 6.42 Å². The predicted octanol–water partition coefficient (Wildman–Crippen LogP) is 3.70. The quantitative estimate of drug-likeness (QED) is 0.873. The number of para-hydroxylation sites is 1. The minimum Gasteiger partial charge on any atom is -0.289 e. The fourth-order valence-electron chi connectivity index (χ4n) is 1.78. The summed E-state index contributed by atoms with van der Waals surface area (Å²) in [4.78, 5) is 12.0. The molecule has 1 amide bonds. The summed E-state index contributed by atoms with van der Waals surface area (Å²) in [5.41, 5.74) is 4.53. The number of carbonyl (C=O) groups is 1. The lowest BCUT2D eigenvalue weighted by Crippen LogP contribution is -2.40.